The van der Waals surface area contributed by atoms with Gasteiger partial charge in [0, 0.05) is 0 Å². The zero-order valence-electron chi connectivity index (χ0n) is 26.9. The summed E-state index contributed by atoms with van der Waals surface area (Å²) in [6.07, 6.45) is 0. The van der Waals surface area contributed by atoms with Crippen LogP contribution in [0.4, 0.5) is 0 Å². The summed E-state index contributed by atoms with van der Waals surface area (Å²) in [4.78, 5) is 0. The Kier molecular flexibility index (Phi) is 9.39. The summed E-state index contributed by atoms with van der Waals surface area (Å²) in [5.41, 5.74) is 16.7. The van der Waals surface area contributed by atoms with Crippen molar-refractivity contribution < 1.29 is 0 Å². The second kappa shape index (κ2) is 11.8. The van der Waals surface area contributed by atoms with Crippen LogP contribution in [0.3, 0.4) is 0 Å². The average molecular weight is 510 g/mol. The van der Waals surface area contributed by atoms with Crippen molar-refractivity contribution in [2.45, 2.75) is 132 Å². The van der Waals surface area contributed by atoms with Gasteiger partial charge < -0.3 is 0 Å². The molecule has 0 saturated heterocycles. The topological polar surface area (TPSA) is 0 Å². The first-order valence-electron chi connectivity index (χ1n) is 15.0. The number of hydrogen-bond acceptors (Lipinski definition) is 0. The Bertz CT molecular complexity index is 1120. The van der Waals surface area contributed by atoms with E-state index in [4.69, 9.17) is 0 Å². The van der Waals surface area contributed by atoms with Gasteiger partial charge in [0.05, 0.1) is 0 Å². The van der Waals surface area contributed by atoms with Crippen molar-refractivity contribution in [1.82, 2.24) is 0 Å². The van der Waals surface area contributed by atoms with Gasteiger partial charge >= 0.3 is 0 Å². The van der Waals surface area contributed by atoms with Gasteiger partial charge in [-0.3, -0.25) is 0 Å². The van der Waals surface area contributed by atoms with Crippen LogP contribution < -0.4 is 0 Å². The molecule has 0 aromatic heterocycles. The van der Waals surface area contributed by atoms with Crippen LogP contribution in [0.1, 0.15) is 163 Å². The van der Waals surface area contributed by atoms with Crippen LogP contribution in [0.2, 0.25) is 0 Å². The zero-order chi connectivity index (χ0) is 28.6. The molecule has 0 fully saturated rings. The van der Waals surface area contributed by atoms with E-state index in [2.05, 4.69) is 133 Å². The number of hydrogen-bond donors (Lipinski definition) is 0. The van der Waals surface area contributed by atoms with Gasteiger partial charge in [-0.2, -0.15) is 0 Å². The van der Waals surface area contributed by atoms with Crippen LogP contribution in [0, 0.1) is 19.9 Å². The minimum absolute atomic E-state index is 0.446. The van der Waals surface area contributed by atoms with E-state index in [-0.39, 0.29) is 0 Å². The van der Waals surface area contributed by atoms with Crippen molar-refractivity contribution in [2.24, 2.45) is 0 Å². The van der Waals surface area contributed by atoms with Gasteiger partial charge in [0.2, 0.25) is 0 Å². The molecule has 0 unspecified atom stereocenters. The highest BCUT2D eigenvalue weighted by Crippen LogP contribution is 2.45. The minimum Gasteiger partial charge on any atom is -0.0587 e. The third-order valence-corrected chi connectivity index (χ3v) is 8.24. The zero-order valence-corrected chi connectivity index (χ0v) is 26.9. The van der Waals surface area contributed by atoms with Gasteiger partial charge in [-0.15, -0.1) is 0 Å². The highest BCUT2D eigenvalue weighted by molar-refractivity contribution is 5.84. The summed E-state index contributed by atoms with van der Waals surface area (Å²) in [6, 6.07) is 16.4. The monoisotopic (exact) mass is 509 g/mol. The Balaban J connectivity index is 2.48. The summed E-state index contributed by atoms with van der Waals surface area (Å²) >= 11 is 0. The Morgan fingerprint density at radius 2 is 0.658 bits per heavy atom. The predicted octanol–water partition coefficient (Wildman–Crippen LogP) is 12.2. The number of aryl methyl sites for hydroxylation is 2. The number of rotatable bonds is 8. The van der Waals surface area contributed by atoms with Crippen LogP contribution in [0.25, 0.3) is 22.3 Å². The normalized spacial score (nSPS) is 12.3. The molecular weight excluding hydrogens is 456 g/mol. The van der Waals surface area contributed by atoms with Crippen molar-refractivity contribution in [3.63, 3.8) is 0 Å². The molecule has 0 spiro atoms. The molecule has 38 heavy (non-hydrogen) atoms. The van der Waals surface area contributed by atoms with Crippen molar-refractivity contribution >= 4 is 0 Å². The first kappa shape index (κ1) is 30.2. The van der Waals surface area contributed by atoms with E-state index in [1.54, 1.807) is 0 Å². The summed E-state index contributed by atoms with van der Waals surface area (Å²) in [5, 5.41) is 0. The lowest BCUT2D eigenvalue weighted by Crippen LogP contribution is -2.07. The molecule has 0 aliphatic heterocycles. The molecule has 205 valence electrons. The van der Waals surface area contributed by atoms with Crippen molar-refractivity contribution in [2.75, 3.05) is 0 Å². The highest BCUT2D eigenvalue weighted by Gasteiger charge is 2.24. The minimum atomic E-state index is 0.446. The molecule has 3 aromatic carbocycles. The maximum Gasteiger partial charge on any atom is -0.000838 e. The maximum atomic E-state index is 4.09. The Morgan fingerprint density at radius 3 is 0.868 bits per heavy atom. The Hall–Kier alpha value is -2.34. The molecule has 0 heterocycles. The average Bonchev–Trinajstić information content (AvgIpc) is 2.82. The second-order valence-corrected chi connectivity index (χ2v) is 13.5. The summed E-state index contributed by atoms with van der Waals surface area (Å²) < 4.78 is 0. The molecule has 0 aliphatic carbocycles. The molecule has 0 N–H and O–H groups in total. The van der Waals surface area contributed by atoms with Crippen molar-refractivity contribution in [3.05, 3.63) is 80.9 Å². The lowest BCUT2D eigenvalue weighted by Gasteiger charge is -2.27. The SMILES string of the molecule is Cc1cc(C)c(-c2c(C(C)C)cc(C(C)C)cc2C(C)C)[c]c1-c1c(C(C)C)cc(C(C)C)cc1C(C)C. The fourth-order valence-corrected chi connectivity index (χ4v) is 5.80. The van der Waals surface area contributed by atoms with Crippen LogP contribution in [0.15, 0.2) is 30.3 Å². The largest absolute Gasteiger partial charge is 0.0587 e. The van der Waals surface area contributed by atoms with E-state index in [0.29, 0.717) is 35.5 Å². The first-order chi connectivity index (χ1) is 17.6. The molecular formula is C38H53. The van der Waals surface area contributed by atoms with E-state index in [0.717, 1.165) is 0 Å². The van der Waals surface area contributed by atoms with Crippen LogP contribution in [-0.2, 0) is 0 Å². The standard InChI is InChI=1S/C38H53/c1-21(2)29-16-31(23(5)6)37(32(17-29)24(7)8)35-20-36(28(14)15-27(35)13)38-33(25(9)10)18-30(22(3)4)19-34(38)26(11)12/h15-19,21-26H,1-14H3. The molecule has 0 aliphatic rings. The first-order valence-corrected chi connectivity index (χ1v) is 15.0. The summed E-state index contributed by atoms with van der Waals surface area (Å²) in [7, 11) is 0. The lowest BCUT2D eigenvalue weighted by molar-refractivity contribution is 0.806. The smallest absolute Gasteiger partial charge is 0.000838 e. The highest BCUT2D eigenvalue weighted by atomic mass is 14.3. The van der Waals surface area contributed by atoms with Crippen molar-refractivity contribution in [3.8, 4) is 22.3 Å². The van der Waals surface area contributed by atoms with Crippen molar-refractivity contribution in [1.29, 1.82) is 0 Å². The molecule has 3 rings (SSSR count). The van der Waals surface area contributed by atoms with Gasteiger partial charge in [0.1, 0.15) is 0 Å². The van der Waals surface area contributed by atoms with Gasteiger partial charge in [0.25, 0.3) is 0 Å². The second-order valence-electron chi connectivity index (χ2n) is 13.5. The van der Waals surface area contributed by atoms with Crippen LogP contribution >= 0.6 is 0 Å². The van der Waals surface area contributed by atoms with Crippen LogP contribution in [-0.4, -0.2) is 0 Å². The molecule has 0 amide bonds. The predicted molar refractivity (Wildman–Crippen MR) is 170 cm³/mol. The van der Waals surface area contributed by atoms with E-state index < -0.39 is 0 Å². The quantitative estimate of drug-likeness (QED) is 0.283. The Labute approximate surface area is 235 Å². The van der Waals surface area contributed by atoms with Gasteiger partial charge in [-0.05, 0) is 122 Å². The summed E-state index contributed by atoms with van der Waals surface area (Å²) in [6.45, 7) is 32.6. The molecule has 3 aromatic rings. The van der Waals surface area contributed by atoms with E-state index in [1.807, 2.05) is 0 Å². The molecule has 0 atom stereocenters. The molecule has 0 bridgehead atoms. The molecule has 0 nitrogen and oxygen atoms in total. The van der Waals surface area contributed by atoms with Gasteiger partial charge in [-0.25, -0.2) is 0 Å². The summed E-state index contributed by atoms with van der Waals surface area (Å²) in [5.74, 6) is 2.81. The number of benzene rings is 3. The van der Waals surface area contributed by atoms with E-state index >= 15 is 0 Å². The van der Waals surface area contributed by atoms with Gasteiger partial charge in [-0.1, -0.05) is 113 Å². The molecule has 0 heteroatoms. The lowest BCUT2D eigenvalue weighted by atomic mass is 9.77. The fourth-order valence-electron chi connectivity index (χ4n) is 5.80. The van der Waals surface area contributed by atoms with E-state index in [9.17, 15) is 0 Å². The molecule has 0 saturated carbocycles. The van der Waals surface area contributed by atoms with Gasteiger partial charge in [0.15, 0.2) is 0 Å². The molecule has 1 radical (unpaired) electrons. The fraction of sp³-hybridized carbons (Fsp3) is 0.526. The van der Waals surface area contributed by atoms with Crippen LogP contribution in [0.5, 0.6) is 0 Å². The third-order valence-electron chi connectivity index (χ3n) is 8.24. The Morgan fingerprint density at radius 1 is 0.395 bits per heavy atom. The van der Waals surface area contributed by atoms with E-state index in [1.165, 1.54) is 66.8 Å². The third kappa shape index (κ3) is 5.95. The maximum absolute atomic E-state index is 4.09.